The summed E-state index contributed by atoms with van der Waals surface area (Å²) in [4.78, 5) is 40.3. The third kappa shape index (κ3) is 6.26. The summed E-state index contributed by atoms with van der Waals surface area (Å²) in [5.74, 6) is -0.250. The summed E-state index contributed by atoms with van der Waals surface area (Å²) in [6.07, 6.45) is 5.90. The quantitative estimate of drug-likeness (QED) is 0.345. The van der Waals surface area contributed by atoms with Crippen LogP contribution in [0.3, 0.4) is 0 Å². The van der Waals surface area contributed by atoms with Crippen LogP contribution in [0.4, 0.5) is 11.6 Å². The molecule has 2 saturated heterocycles. The van der Waals surface area contributed by atoms with E-state index in [9.17, 15) is 18.0 Å². The Morgan fingerprint density at radius 1 is 1.20 bits per heavy atom. The number of hydrogen-bond acceptors (Lipinski definition) is 9. The van der Waals surface area contributed by atoms with Gasteiger partial charge < -0.3 is 31.3 Å². The number of nitrogens with zero attached hydrogens (tertiary/aromatic N) is 5. The molecule has 1 spiro atoms. The summed E-state index contributed by atoms with van der Waals surface area (Å²) >= 11 is 5.97. The molecule has 16 heteroatoms. The van der Waals surface area contributed by atoms with Gasteiger partial charge in [-0.15, -0.1) is 0 Å². The van der Waals surface area contributed by atoms with Gasteiger partial charge in [-0.1, -0.05) is 30.9 Å². The number of methoxy groups -OCH3 is 1. The summed E-state index contributed by atoms with van der Waals surface area (Å²) in [6.45, 7) is 1.36. The SMILES string of the molecule is CNc1nc(N)c(Cl)nc1C(=O)/N=C1\NCC2(CCN(C(=O)c3ccc(OC)c(S(=O)(=O)N(C)C4CCCCC4)c3)CC2)N1. The topological polar surface area (TPSA) is 184 Å². The average molecular weight is 648 g/mol. The minimum atomic E-state index is -3.88. The number of carbonyl (C=O) groups excluding carboxylic acids is 2. The molecule has 3 fully saturated rings. The van der Waals surface area contributed by atoms with Gasteiger partial charge in [0.1, 0.15) is 10.6 Å². The van der Waals surface area contributed by atoms with Gasteiger partial charge in [0.25, 0.3) is 5.91 Å². The Labute approximate surface area is 261 Å². The standard InChI is InChI=1S/C28H38ClN9O5S/c1-31-24-21(33-22(29)23(30)34-24)25(39)35-27-32-16-28(36-27)11-13-38(14-12-28)26(40)17-9-10-19(43-3)20(15-17)44(41,42)37(2)18-7-5-4-6-8-18/h9-10,15,18H,4-8,11-14,16H2,1-3H3,(H3,30,31,34)(H2,32,35,36,39). The van der Waals surface area contributed by atoms with Gasteiger partial charge in [-0.05, 0) is 43.9 Å². The van der Waals surface area contributed by atoms with E-state index in [-0.39, 0.29) is 50.6 Å². The summed E-state index contributed by atoms with van der Waals surface area (Å²) in [7, 11) is 0.732. The highest BCUT2D eigenvalue weighted by Crippen LogP contribution is 2.33. The van der Waals surface area contributed by atoms with Crippen molar-refractivity contribution in [3.63, 3.8) is 0 Å². The Bertz CT molecular complexity index is 1570. The minimum Gasteiger partial charge on any atom is -0.495 e. The maximum absolute atomic E-state index is 13.6. The van der Waals surface area contributed by atoms with Gasteiger partial charge >= 0.3 is 5.91 Å². The molecule has 2 amide bonds. The van der Waals surface area contributed by atoms with Crippen LogP contribution in [0.5, 0.6) is 5.75 Å². The zero-order valence-corrected chi connectivity index (χ0v) is 26.6. The molecule has 1 aliphatic carbocycles. The second-order valence-corrected chi connectivity index (χ2v) is 13.7. The molecule has 3 aliphatic rings. The number of aliphatic imine (C=N–C) groups is 1. The second kappa shape index (κ2) is 12.7. The van der Waals surface area contributed by atoms with Gasteiger partial charge in [0.15, 0.2) is 28.4 Å². The molecule has 0 atom stereocenters. The van der Waals surface area contributed by atoms with Crippen LogP contribution < -0.4 is 26.4 Å². The number of aromatic nitrogens is 2. The predicted octanol–water partition coefficient (Wildman–Crippen LogP) is 2.08. The van der Waals surface area contributed by atoms with Crippen LogP contribution in [0.2, 0.25) is 5.15 Å². The van der Waals surface area contributed by atoms with Crippen LogP contribution >= 0.6 is 11.6 Å². The largest absolute Gasteiger partial charge is 0.495 e. The normalized spacial score (nSPS) is 19.6. The number of ether oxygens (including phenoxy) is 1. The molecular weight excluding hydrogens is 610 g/mol. The Morgan fingerprint density at radius 3 is 2.57 bits per heavy atom. The van der Waals surface area contributed by atoms with Gasteiger partial charge in [0.2, 0.25) is 10.0 Å². The maximum atomic E-state index is 13.6. The molecule has 5 N–H and O–H groups in total. The number of amides is 2. The van der Waals surface area contributed by atoms with E-state index >= 15 is 0 Å². The fourth-order valence-electron chi connectivity index (χ4n) is 6.00. The first-order valence-corrected chi connectivity index (χ1v) is 16.4. The second-order valence-electron chi connectivity index (χ2n) is 11.3. The first kappa shape index (κ1) is 31.7. The summed E-state index contributed by atoms with van der Waals surface area (Å²) in [6, 6.07) is 4.50. The molecule has 44 heavy (non-hydrogen) atoms. The highest BCUT2D eigenvalue weighted by atomic mass is 35.5. The first-order chi connectivity index (χ1) is 21.0. The number of hydrogen-bond donors (Lipinski definition) is 4. The molecule has 5 rings (SSSR count). The fourth-order valence-corrected chi connectivity index (χ4v) is 7.72. The number of benzene rings is 1. The molecule has 0 unspecified atom stereocenters. The number of nitrogen functional groups attached to an aromatic ring is 1. The monoisotopic (exact) mass is 647 g/mol. The number of piperidine rings is 1. The molecule has 0 radical (unpaired) electrons. The van der Waals surface area contributed by atoms with Crippen molar-refractivity contribution < 1.29 is 22.7 Å². The number of guanidine groups is 1. The fraction of sp³-hybridized carbons (Fsp3) is 0.536. The summed E-state index contributed by atoms with van der Waals surface area (Å²) in [5.41, 5.74) is 5.50. The molecular formula is C28H38ClN9O5S. The van der Waals surface area contributed by atoms with Gasteiger partial charge in [-0.3, -0.25) is 9.59 Å². The highest BCUT2D eigenvalue weighted by molar-refractivity contribution is 7.89. The van der Waals surface area contributed by atoms with E-state index in [1.807, 2.05) is 0 Å². The lowest BCUT2D eigenvalue weighted by Crippen LogP contribution is -2.53. The molecule has 3 heterocycles. The van der Waals surface area contributed by atoms with Crippen molar-refractivity contribution in [2.75, 3.05) is 51.9 Å². The summed E-state index contributed by atoms with van der Waals surface area (Å²) in [5, 5.41) is 9.12. The van der Waals surface area contributed by atoms with Crippen molar-refractivity contribution in [2.24, 2.45) is 4.99 Å². The van der Waals surface area contributed by atoms with Crippen molar-refractivity contribution in [1.29, 1.82) is 0 Å². The zero-order chi connectivity index (χ0) is 31.6. The maximum Gasteiger partial charge on any atom is 0.302 e. The van der Waals surface area contributed by atoms with Crippen molar-refractivity contribution in [3.8, 4) is 5.75 Å². The molecule has 2 aliphatic heterocycles. The number of sulfonamides is 1. The molecule has 14 nitrogen and oxygen atoms in total. The highest BCUT2D eigenvalue weighted by Gasteiger charge is 2.41. The van der Waals surface area contributed by atoms with Crippen LogP contribution in [0, 0.1) is 0 Å². The van der Waals surface area contributed by atoms with Crippen LogP contribution in [0.15, 0.2) is 28.1 Å². The van der Waals surface area contributed by atoms with Crippen molar-refractivity contribution >= 4 is 51.0 Å². The van der Waals surface area contributed by atoms with E-state index in [1.54, 1.807) is 31.1 Å². The zero-order valence-electron chi connectivity index (χ0n) is 25.0. The van der Waals surface area contributed by atoms with E-state index in [2.05, 4.69) is 30.9 Å². The number of halogens is 1. The lowest BCUT2D eigenvalue weighted by atomic mass is 9.88. The molecule has 1 aromatic carbocycles. The van der Waals surface area contributed by atoms with Crippen molar-refractivity contribution in [2.45, 2.75) is 61.4 Å². The summed E-state index contributed by atoms with van der Waals surface area (Å²) < 4.78 is 34.1. The Morgan fingerprint density at radius 2 is 1.91 bits per heavy atom. The minimum absolute atomic E-state index is 0.00290. The molecule has 1 aromatic heterocycles. The first-order valence-electron chi connectivity index (χ1n) is 14.6. The Balaban J connectivity index is 1.26. The predicted molar refractivity (Wildman–Crippen MR) is 167 cm³/mol. The van der Waals surface area contributed by atoms with Crippen LogP contribution in [-0.4, -0.2) is 97.8 Å². The Hall–Kier alpha value is -3.69. The van der Waals surface area contributed by atoms with Crippen LogP contribution in [0.25, 0.3) is 0 Å². The van der Waals surface area contributed by atoms with Gasteiger partial charge in [0, 0.05) is 45.3 Å². The lowest BCUT2D eigenvalue weighted by Gasteiger charge is -2.38. The van der Waals surface area contributed by atoms with E-state index in [0.29, 0.717) is 38.4 Å². The van der Waals surface area contributed by atoms with Gasteiger partial charge in [0.05, 0.1) is 12.6 Å². The molecule has 0 bridgehead atoms. The smallest absolute Gasteiger partial charge is 0.302 e. The van der Waals surface area contributed by atoms with E-state index in [0.717, 1.165) is 32.1 Å². The lowest BCUT2D eigenvalue weighted by molar-refractivity contribution is 0.0668. The number of carbonyl (C=O) groups is 2. The Kier molecular flexibility index (Phi) is 9.18. The van der Waals surface area contributed by atoms with Crippen molar-refractivity contribution in [1.82, 2.24) is 29.8 Å². The van der Waals surface area contributed by atoms with Crippen LogP contribution in [0.1, 0.15) is 65.8 Å². The third-order valence-corrected chi connectivity index (χ3v) is 10.9. The molecule has 2 aromatic rings. The van der Waals surface area contributed by atoms with E-state index in [1.165, 1.54) is 17.5 Å². The number of rotatable bonds is 7. The third-order valence-electron chi connectivity index (χ3n) is 8.67. The number of nitrogens with two attached hydrogens (primary N) is 1. The molecule has 1 saturated carbocycles. The average Bonchev–Trinajstić information content (AvgIpc) is 3.42. The molecule has 238 valence electrons. The number of nitrogens with one attached hydrogen (secondary N) is 3. The van der Waals surface area contributed by atoms with E-state index in [4.69, 9.17) is 22.1 Å². The van der Waals surface area contributed by atoms with Gasteiger partial charge in [-0.25, -0.2) is 18.4 Å². The van der Waals surface area contributed by atoms with Gasteiger partial charge in [-0.2, -0.15) is 9.30 Å². The van der Waals surface area contributed by atoms with E-state index < -0.39 is 21.5 Å². The number of likely N-dealkylation sites (tertiary alicyclic amines) is 1. The number of anilines is 2. The van der Waals surface area contributed by atoms with Crippen LogP contribution in [-0.2, 0) is 10.0 Å². The van der Waals surface area contributed by atoms with Crippen molar-refractivity contribution in [3.05, 3.63) is 34.6 Å².